The molecule has 0 atom stereocenters. The van der Waals surface area contributed by atoms with Crippen LogP contribution >= 0.6 is 0 Å². The van der Waals surface area contributed by atoms with Crippen LogP contribution < -0.4 is 10.1 Å². The quantitative estimate of drug-likeness (QED) is 0.790. The standard InChI is InChI=1S/C13H20N4O4S/c1-21-13-15-9-11(10-16-13)12(18)14-5-8-22(19,20)17-6-3-2-4-7-17/h9-10H,2-8H2,1H3,(H,14,18). The Morgan fingerprint density at radius 2 is 1.91 bits per heavy atom. The Kier molecular flexibility index (Phi) is 5.67. The van der Waals surface area contributed by atoms with Crippen LogP contribution in [-0.2, 0) is 10.0 Å². The molecule has 1 aromatic heterocycles. The monoisotopic (exact) mass is 328 g/mol. The minimum absolute atomic E-state index is 0.0592. The molecule has 0 saturated carbocycles. The number of nitrogens with zero attached hydrogens (tertiary/aromatic N) is 3. The van der Waals surface area contributed by atoms with Crippen molar-refractivity contribution in [1.82, 2.24) is 19.6 Å². The minimum Gasteiger partial charge on any atom is -0.467 e. The first-order valence-corrected chi connectivity index (χ1v) is 8.76. The Hall–Kier alpha value is -1.74. The van der Waals surface area contributed by atoms with Crippen LogP contribution in [0.2, 0.25) is 0 Å². The van der Waals surface area contributed by atoms with Crippen molar-refractivity contribution in [2.45, 2.75) is 19.3 Å². The molecule has 9 heteroatoms. The first-order chi connectivity index (χ1) is 10.5. The summed E-state index contributed by atoms with van der Waals surface area (Å²) in [6.45, 7) is 1.20. The number of aromatic nitrogens is 2. The van der Waals surface area contributed by atoms with E-state index in [1.165, 1.54) is 23.8 Å². The molecule has 0 bridgehead atoms. The molecule has 1 N–H and O–H groups in total. The van der Waals surface area contributed by atoms with Gasteiger partial charge in [0.25, 0.3) is 5.91 Å². The molecule has 0 radical (unpaired) electrons. The molecule has 1 amide bonds. The molecular weight excluding hydrogens is 308 g/mol. The highest BCUT2D eigenvalue weighted by atomic mass is 32.2. The Balaban J connectivity index is 1.83. The zero-order valence-corrected chi connectivity index (χ0v) is 13.3. The van der Waals surface area contributed by atoms with Crippen molar-refractivity contribution in [2.24, 2.45) is 0 Å². The molecule has 2 rings (SSSR count). The van der Waals surface area contributed by atoms with Crippen LogP contribution in [-0.4, -0.2) is 61.1 Å². The number of hydrogen-bond acceptors (Lipinski definition) is 6. The van der Waals surface area contributed by atoms with Gasteiger partial charge in [-0.25, -0.2) is 22.7 Å². The topological polar surface area (TPSA) is 101 Å². The molecule has 1 saturated heterocycles. The Labute approximate surface area is 129 Å². The van der Waals surface area contributed by atoms with Crippen LogP contribution in [0.1, 0.15) is 29.6 Å². The molecule has 0 aliphatic carbocycles. The van der Waals surface area contributed by atoms with Crippen LogP contribution in [0, 0.1) is 0 Å². The van der Waals surface area contributed by atoms with E-state index in [1.807, 2.05) is 0 Å². The first-order valence-electron chi connectivity index (χ1n) is 7.15. The maximum Gasteiger partial charge on any atom is 0.316 e. The second kappa shape index (κ2) is 7.50. The zero-order valence-electron chi connectivity index (χ0n) is 12.5. The summed E-state index contributed by atoms with van der Waals surface area (Å²) in [5.74, 6) is -0.507. The smallest absolute Gasteiger partial charge is 0.316 e. The number of sulfonamides is 1. The number of carbonyl (C=O) groups excluding carboxylic acids is 1. The third kappa shape index (κ3) is 4.38. The van der Waals surface area contributed by atoms with Crippen molar-refractivity contribution >= 4 is 15.9 Å². The number of carbonyl (C=O) groups is 1. The number of nitrogens with one attached hydrogen (secondary N) is 1. The van der Waals surface area contributed by atoms with E-state index in [0.717, 1.165) is 19.3 Å². The summed E-state index contributed by atoms with van der Waals surface area (Å²) >= 11 is 0. The lowest BCUT2D eigenvalue weighted by atomic mass is 10.2. The molecule has 0 aromatic carbocycles. The van der Waals surface area contributed by atoms with Crippen molar-refractivity contribution in [3.63, 3.8) is 0 Å². The number of ether oxygens (including phenoxy) is 1. The van der Waals surface area contributed by atoms with Crippen molar-refractivity contribution in [1.29, 1.82) is 0 Å². The molecular formula is C13H20N4O4S. The SMILES string of the molecule is COc1ncc(C(=O)NCCS(=O)(=O)N2CCCCC2)cn1. The van der Waals surface area contributed by atoms with Crippen LogP contribution in [0.3, 0.4) is 0 Å². The van der Waals surface area contributed by atoms with Crippen molar-refractivity contribution in [3.05, 3.63) is 18.0 Å². The second-order valence-corrected chi connectivity index (χ2v) is 7.08. The highest BCUT2D eigenvalue weighted by Crippen LogP contribution is 2.13. The van der Waals surface area contributed by atoms with Gasteiger partial charge in [0, 0.05) is 32.0 Å². The number of amides is 1. The molecule has 1 aliphatic rings. The van der Waals surface area contributed by atoms with Gasteiger partial charge < -0.3 is 10.1 Å². The Bertz CT molecular complexity index is 597. The van der Waals surface area contributed by atoms with Gasteiger partial charge in [0.2, 0.25) is 10.0 Å². The lowest BCUT2D eigenvalue weighted by molar-refractivity contribution is 0.0955. The van der Waals surface area contributed by atoms with Gasteiger partial charge in [-0.3, -0.25) is 4.79 Å². The van der Waals surface area contributed by atoms with Crippen LogP contribution in [0.15, 0.2) is 12.4 Å². The fourth-order valence-electron chi connectivity index (χ4n) is 2.21. The van der Waals surface area contributed by atoms with Crippen LogP contribution in [0.25, 0.3) is 0 Å². The van der Waals surface area contributed by atoms with Gasteiger partial charge in [-0.15, -0.1) is 0 Å². The van der Waals surface area contributed by atoms with Crippen molar-refractivity contribution in [3.8, 4) is 6.01 Å². The zero-order chi connectivity index (χ0) is 16.0. The van der Waals surface area contributed by atoms with Crippen molar-refractivity contribution in [2.75, 3.05) is 32.5 Å². The molecule has 1 aliphatic heterocycles. The van der Waals surface area contributed by atoms with Gasteiger partial charge in [-0.2, -0.15) is 0 Å². The third-order valence-corrected chi connectivity index (χ3v) is 5.30. The lowest BCUT2D eigenvalue weighted by Gasteiger charge is -2.25. The number of piperidine rings is 1. The largest absolute Gasteiger partial charge is 0.467 e. The second-order valence-electron chi connectivity index (χ2n) is 4.99. The van der Waals surface area contributed by atoms with Crippen LogP contribution in [0.5, 0.6) is 6.01 Å². The fourth-order valence-corrected chi connectivity index (χ4v) is 3.64. The predicted octanol–water partition coefficient (Wildman–Crippen LogP) is 0.0307. The molecule has 122 valence electrons. The minimum atomic E-state index is -3.30. The van der Waals surface area contributed by atoms with Gasteiger partial charge in [-0.05, 0) is 12.8 Å². The van der Waals surface area contributed by atoms with E-state index in [-0.39, 0.29) is 23.9 Å². The summed E-state index contributed by atoms with van der Waals surface area (Å²) in [6, 6.07) is 0.171. The predicted molar refractivity (Wildman–Crippen MR) is 80.1 cm³/mol. The van der Waals surface area contributed by atoms with Crippen molar-refractivity contribution < 1.29 is 17.9 Å². The van der Waals surface area contributed by atoms with E-state index in [0.29, 0.717) is 13.1 Å². The summed E-state index contributed by atoms with van der Waals surface area (Å²) in [6.07, 6.45) is 5.53. The normalized spacial score (nSPS) is 16.2. The molecule has 0 spiro atoms. The molecule has 0 unspecified atom stereocenters. The summed E-state index contributed by atoms with van der Waals surface area (Å²) in [7, 11) is -1.87. The van der Waals surface area contributed by atoms with Gasteiger partial charge in [0.1, 0.15) is 0 Å². The summed E-state index contributed by atoms with van der Waals surface area (Å²) < 4.78 is 30.5. The number of methoxy groups -OCH3 is 1. The van der Waals surface area contributed by atoms with E-state index in [9.17, 15) is 13.2 Å². The van der Waals surface area contributed by atoms with E-state index >= 15 is 0 Å². The highest BCUT2D eigenvalue weighted by molar-refractivity contribution is 7.89. The molecule has 1 fully saturated rings. The van der Waals surface area contributed by atoms with Gasteiger partial charge >= 0.3 is 6.01 Å². The summed E-state index contributed by atoms with van der Waals surface area (Å²) in [5.41, 5.74) is 0.260. The highest BCUT2D eigenvalue weighted by Gasteiger charge is 2.23. The maximum absolute atomic E-state index is 12.1. The Morgan fingerprint density at radius 3 is 2.50 bits per heavy atom. The van der Waals surface area contributed by atoms with Gasteiger partial charge in [-0.1, -0.05) is 6.42 Å². The molecule has 2 heterocycles. The lowest BCUT2D eigenvalue weighted by Crippen LogP contribution is -2.40. The van der Waals surface area contributed by atoms with Crippen LogP contribution in [0.4, 0.5) is 0 Å². The average molecular weight is 328 g/mol. The maximum atomic E-state index is 12.1. The van der Waals surface area contributed by atoms with Gasteiger partial charge in [0.05, 0.1) is 18.4 Å². The average Bonchev–Trinajstić information content (AvgIpc) is 2.55. The summed E-state index contributed by atoms with van der Waals surface area (Å²) in [5, 5.41) is 2.57. The third-order valence-electron chi connectivity index (χ3n) is 3.43. The summed E-state index contributed by atoms with van der Waals surface area (Å²) in [4.78, 5) is 19.5. The van der Waals surface area contributed by atoms with E-state index < -0.39 is 15.9 Å². The van der Waals surface area contributed by atoms with E-state index in [4.69, 9.17) is 4.74 Å². The molecule has 22 heavy (non-hydrogen) atoms. The molecule has 1 aromatic rings. The number of rotatable bonds is 6. The van der Waals surface area contributed by atoms with E-state index in [1.54, 1.807) is 0 Å². The molecule has 8 nitrogen and oxygen atoms in total. The van der Waals surface area contributed by atoms with E-state index in [2.05, 4.69) is 15.3 Å². The number of hydrogen-bond donors (Lipinski definition) is 1. The first kappa shape index (κ1) is 16.6. The van der Waals surface area contributed by atoms with Gasteiger partial charge in [0.15, 0.2) is 0 Å². The Morgan fingerprint density at radius 1 is 1.27 bits per heavy atom. The fraction of sp³-hybridized carbons (Fsp3) is 0.615.